The second kappa shape index (κ2) is 6.66. The lowest BCUT2D eigenvalue weighted by Gasteiger charge is -2.28. The lowest BCUT2D eigenvalue weighted by atomic mass is 10.0. The van der Waals surface area contributed by atoms with Gasteiger partial charge in [-0.25, -0.2) is 4.98 Å². The lowest BCUT2D eigenvalue weighted by Crippen LogP contribution is -2.36. The van der Waals surface area contributed by atoms with Gasteiger partial charge in [-0.3, -0.25) is 5.41 Å². The number of rotatable bonds is 4. The minimum atomic E-state index is 0.360. The number of nitrogens with two attached hydrogens (primary N) is 1. The molecule has 23 heavy (non-hydrogen) atoms. The Morgan fingerprint density at radius 3 is 2.78 bits per heavy atom. The van der Waals surface area contributed by atoms with Crippen LogP contribution in [0.3, 0.4) is 0 Å². The number of methoxy groups -OCH3 is 1. The number of morpholine rings is 1. The van der Waals surface area contributed by atoms with E-state index in [1.54, 1.807) is 31.5 Å². The molecule has 3 rings (SSSR count). The van der Waals surface area contributed by atoms with Gasteiger partial charge in [0.05, 0.1) is 26.0 Å². The second-order valence-corrected chi connectivity index (χ2v) is 5.33. The number of anilines is 2. The van der Waals surface area contributed by atoms with Gasteiger partial charge in [0.25, 0.3) is 0 Å². The van der Waals surface area contributed by atoms with Crippen molar-refractivity contribution in [1.82, 2.24) is 4.98 Å². The SMILES string of the molecule is COc1ccc(N)c(C(=N)c2ccnc(N3CCOCC3)c2)c1. The van der Waals surface area contributed by atoms with Crippen molar-refractivity contribution in [3.8, 4) is 5.75 Å². The van der Waals surface area contributed by atoms with E-state index in [-0.39, 0.29) is 0 Å². The van der Waals surface area contributed by atoms with Crippen molar-refractivity contribution < 1.29 is 9.47 Å². The van der Waals surface area contributed by atoms with Crippen LogP contribution in [0.4, 0.5) is 11.5 Å². The molecule has 0 saturated carbocycles. The molecular formula is C17H20N4O2. The zero-order valence-electron chi connectivity index (χ0n) is 13.1. The minimum absolute atomic E-state index is 0.360. The van der Waals surface area contributed by atoms with Crippen molar-refractivity contribution in [3.63, 3.8) is 0 Å². The van der Waals surface area contributed by atoms with E-state index in [4.69, 9.17) is 20.6 Å². The van der Waals surface area contributed by atoms with E-state index in [0.717, 1.165) is 24.5 Å². The van der Waals surface area contributed by atoms with Crippen LogP contribution in [0.1, 0.15) is 11.1 Å². The van der Waals surface area contributed by atoms with Crippen molar-refractivity contribution in [2.24, 2.45) is 0 Å². The Hall–Kier alpha value is -2.60. The van der Waals surface area contributed by atoms with E-state index in [0.29, 0.717) is 35.9 Å². The molecule has 1 aliphatic rings. The number of nitrogens with zero attached hydrogens (tertiary/aromatic N) is 2. The van der Waals surface area contributed by atoms with Crippen LogP contribution in [-0.2, 0) is 4.74 Å². The molecule has 0 atom stereocenters. The van der Waals surface area contributed by atoms with E-state index < -0.39 is 0 Å². The second-order valence-electron chi connectivity index (χ2n) is 5.33. The van der Waals surface area contributed by atoms with E-state index in [1.807, 2.05) is 12.1 Å². The summed E-state index contributed by atoms with van der Waals surface area (Å²) in [5.74, 6) is 1.54. The van der Waals surface area contributed by atoms with Crippen LogP contribution in [0.15, 0.2) is 36.5 Å². The predicted octanol–water partition coefficient (Wildman–Crippen LogP) is 1.93. The molecule has 0 amide bonds. The number of benzene rings is 1. The van der Waals surface area contributed by atoms with Gasteiger partial charge < -0.3 is 20.1 Å². The molecule has 0 aliphatic carbocycles. The molecule has 2 heterocycles. The highest BCUT2D eigenvalue weighted by Crippen LogP contribution is 2.24. The molecule has 1 aromatic carbocycles. The molecule has 120 valence electrons. The molecule has 0 bridgehead atoms. The molecule has 3 N–H and O–H groups in total. The minimum Gasteiger partial charge on any atom is -0.497 e. The summed E-state index contributed by atoms with van der Waals surface area (Å²) in [5.41, 5.74) is 8.38. The summed E-state index contributed by atoms with van der Waals surface area (Å²) in [5, 5.41) is 8.49. The Morgan fingerprint density at radius 1 is 1.26 bits per heavy atom. The molecule has 1 aromatic heterocycles. The Labute approximate surface area is 135 Å². The lowest BCUT2D eigenvalue weighted by molar-refractivity contribution is 0.122. The number of pyridine rings is 1. The number of hydrogen-bond acceptors (Lipinski definition) is 6. The van der Waals surface area contributed by atoms with Gasteiger partial charge in [-0.2, -0.15) is 0 Å². The Kier molecular flexibility index (Phi) is 4.43. The summed E-state index contributed by atoms with van der Waals surface area (Å²) < 4.78 is 10.6. The van der Waals surface area contributed by atoms with Crippen molar-refractivity contribution in [1.29, 1.82) is 5.41 Å². The number of nitrogens with one attached hydrogen (secondary N) is 1. The van der Waals surface area contributed by atoms with Crippen LogP contribution in [0.5, 0.6) is 5.75 Å². The first kappa shape index (κ1) is 15.3. The topological polar surface area (TPSA) is 84.5 Å². The average molecular weight is 312 g/mol. The molecule has 2 aromatic rings. The smallest absolute Gasteiger partial charge is 0.129 e. The molecule has 6 heteroatoms. The van der Waals surface area contributed by atoms with E-state index >= 15 is 0 Å². The first-order valence-corrected chi connectivity index (χ1v) is 7.50. The maximum absolute atomic E-state index is 8.49. The van der Waals surface area contributed by atoms with Gasteiger partial charge in [-0.1, -0.05) is 0 Å². The quantitative estimate of drug-likeness (QED) is 0.665. The monoisotopic (exact) mass is 312 g/mol. The summed E-state index contributed by atoms with van der Waals surface area (Å²) in [6.45, 7) is 3.02. The van der Waals surface area contributed by atoms with Gasteiger partial charge in [-0.05, 0) is 30.3 Å². The van der Waals surface area contributed by atoms with Gasteiger partial charge in [0.1, 0.15) is 11.6 Å². The van der Waals surface area contributed by atoms with Crippen LogP contribution in [-0.4, -0.2) is 44.1 Å². The molecule has 6 nitrogen and oxygen atoms in total. The molecule has 1 saturated heterocycles. The zero-order valence-corrected chi connectivity index (χ0v) is 13.1. The fourth-order valence-corrected chi connectivity index (χ4v) is 2.57. The summed E-state index contributed by atoms with van der Waals surface area (Å²) in [7, 11) is 1.60. The first-order chi connectivity index (χ1) is 11.2. The van der Waals surface area contributed by atoms with Crippen LogP contribution in [0.2, 0.25) is 0 Å². The van der Waals surface area contributed by atoms with Crippen molar-refractivity contribution in [2.45, 2.75) is 0 Å². The van der Waals surface area contributed by atoms with Crippen LogP contribution >= 0.6 is 0 Å². The van der Waals surface area contributed by atoms with Gasteiger partial charge >= 0.3 is 0 Å². The molecule has 0 spiro atoms. The maximum atomic E-state index is 8.49. The number of aromatic nitrogens is 1. The predicted molar refractivity (Wildman–Crippen MR) is 90.6 cm³/mol. The number of hydrogen-bond donors (Lipinski definition) is 2. The fourth-order valence-electron chi connectivity index (χ4n) is 2.57. The van der Waals surface area contributed by atoms with Gasteiger partial charge in [-0.15, -0.1) is 0 Å². The first-order valence-electron chi connectivity index (χ1n) is 7.50. The van der Waals surface area contributed by atoms with Crippen LogP contribution < -0.4 is 15.4 Å². The van der Waals surface area contributed by atoms with Crippen molar-refractivity contribution >= 4 is 17.2 Å². The summed E-state index contributed by atoms with van der Waals surface area (Å²) in [4.78, 5) is 6.57. The highest BCUT2D eigenvalue weighted by Gasteiger charge is 2.15. The van der Waals surface area contributed by atoms with E-state index in [2.05, 4.69) is 9.88 Å². The van der Waals surface area contributed by atoms with E-state index in [9.17, 15) is 0 Å². The largest absolute Gasteiger partial charge is 0.497 e. The van der Waals surface area contributed by atoms with E-state index in [1.165, 1.54) is 0 Å². The van der Waals surface area contributed by atoms with Crippen LogP contribution in [0.25, 0.3) is 0 Å². The standard InChI is InChI=1S/C17H20N4O2/c1-22-13-2-3-15(18)14(11-13)17(19)12-4-5-20-16(10-12)21-6-8-23-9-7-21/h2-5,10-11,19H,6-9,18H2,1H3. The molecule has 0 radical (unpaired) electrons. The molecule has 1 aliphatic heterocycles. The highest BCUT2D eigenvalue weighted by molar-refractivity contribution is 6.14. The third-order valence-electron chi connectivity index (χ3n) is 3.90. The van der Waals surface area contributed by atoms with Crippen molar-refractivity contribution in [3.05, 3.63) is 47.7 Å². The Morgan fingerprint density at radius 2 is 2.04 bits per heavy atom. The summed E-state index contributed by atoms with van der Waals surface area (Å²) >= 11 is 0. The van der Waals surface area contributed by atoms with Crippen molar-refractivity contribution in [2.75, 3.05) is 44.0 Å². The normalized spacial score (nSPS) is 14.6. The zero-order chi connectivity index (χ0) is 16.2. The summed E-state index contributed by atoms with van der Waals surface area (Å²) in [6.07, 6.45) is 1.73. The Balaban J connectivity index is 1.90. The maximum Gasteiger partial charge on any atom is 0.129 e. The van der Waals surface area contributed by atoms with Gasteiger partial charge in [0, 0.05) is 36.1 Å². The van der Waals surface area contributed by atoms with Crippen LogP contribution in [0, 0.1) is 5.41 Å². The third kappa shape index (κ3) is 3.27. The molecular weight excluding hydrogens is 292 g/mol. The number of ether oxygens (including phenoxy) is 2. The number of nitrogen functional groups attached to an aromatic ring is 1. The Bertz CT molecular complexity index is 711. The van der Waals surface area contributed by atoms with Gasteiger partial charge in [0.15, 0.2) is 0 Å². The van der Waals surface area contributed by atoms with Gasteiger partial charge in [0.2, 0.25) is 0 Å². The molecule has 0 unspecified atom stereocenters. The molecule has 1 fully saturated rings. The average Bonchev–Trinajstić information content (AvgIpc) is 2.62. The highest BCUT2D eigenvalue weighted by atomic mass is 16.5. The summed E-state index contributed by atoms with van der Waals surface area (Å²) in [6, 6.07) is 9.08. The fraction of sp³-hybridized carbons (Fsp3) is 0.294. The third-order valence-corrected chi connectivity index (χ3v) is 3.90.